The van der Waals surface area contributed by atoms with E-state index in [2.05, 4.69) is 6.58 Å². The molecule has 1 fully saturated rings. The van der Waals surface area contributed by atoms with E-state index in [9.17, 15) is 0 Å². The van der Waals surface area contributed by atoms with Gasteiger partial charge in [0.05, 0.1) is 25.4 Å². The normalized spacial score (nSPS) is 33.7. The van der Waals surface area contributed by atoms with Crippen LogP contribution in [0.5, 0.6) is 0 Å². The first-order valence-corrected chi connectivity index (χ1v) is 3.68. The predicted octanol–water partition coefficient (Wildman–Crippen LogP) is 1.37. The van der Waals surface area contributed by atoms with Gasteiger partial charge in [-0.15, -0.1) is 6.58 Å². The second-order valence-corrected chi connectivity index (χ2v) is 2.51. The summed E-state index contributed by atoms with van der Waals surface area (Å²) in [4.78, 5) is 0. The predicted molar refractivity (Wildman–Crippen MR) is 40.0 cm³/mol. The molecular formula is C8H14O2. The van der Waals surface area contributed by atoms with Crippen LogP contribution in [0, 0.1) is 0 Å². The van der Waals surface area contributed by atoms with E-state index < -0.39 is 0 Å². The Labute approximate surface area is 61.8 Å². The molecule has 0 spiro atoms. The van der Waals surface area contributed by atoms with Crippen molar-refractivity contribution < 1.29 is 9.47 Å². The zero-order valence-corrected chi connectivity index (χ0v) is 6.38. The fraction of sp³-hybridized carbons (Fsp3) is 0.750. The van der Waals surface area contributed by atoms with Gasteiger partial charge in [-0.2, -0.15) is 0 Å². The highest BCUT2D eigenvalue weighted by atomic mass is 16.6. The number of hydrogen-bond acceptors (Lipinski definition) is 2. The summed E-state index contributed by atoms with van der Waals surface area (Å²) in [5, 5.41) is 0. The molecule has 1 aliphatic heterocycles. The lowest BCUT2D eigenvalue weighted by Gasteiger charge is -2.28. The Kier molecular flexibility index (Phi) is 2.90. The fourth-order valence-corrected chi connectivity index (χ4v) is 1.10. The number of rotatable bonds is 2. The maximum Gasteiger partial charge on any atom is 0.0869 e. The van der Waals surface area contributed by atoms with Gasteiger partial charge in [-0.1, -0.05) is 6.08 Å². The largest absolute Gasteiger partial charge is 0.373 e. The van der Waals surface area contributed by atoms with Crippen molar-refractivity contribution >= 4 is 0 Å². The zero-order chi connectivity index (χ0) is 7.40. The molecule has 1 rings (SSSR count). The molecule has 2 heteroatoms. The summed E-state index contributed by atoms with van der Waals surface area (Å²) >= 11 is 0. The van der Waals surface area contributed by atoms with Gasteiger partial charge in [0, 0.05) is 0 Å². The van der Waals surface area contributed by atoms with Gasteiger partial charge < -0.3 is 9.47 Å². The maximum absolute atomic E-state index is 5.43. The molecule has 10 heavy (non-hydrogen) atoms. The summed E-state index contributed by atoms with van der Waals surface area (Å²) in [6, 6.07) is 0. The molecule has 1 aliphatic rings. The minimum absolute atomic E-state index is 0.228. The van der Waals surface area contributed by atoms with E-state index in [4.69, 9.17) is 9.47 Å². The zero-order valence-electron chi connectivity index (χ0n) is 6.38. The summed E-state index contributed by atoms with van der Waals surface area (Å²) in [5.74, 6) is 0. The smallest absolute Gasteiger partial charge is 0.0869 e. The van der Waals surface area contributed by atoms with Crippen LogP contribution >= 0.6 is 0 Å². The van der Waals surface area contributed by atoms with Gasteiger partial charge >= 0.3 is 0 Å². The molecule has 0 radical (unpaired) electrons. The topological polar surface area (TPSA) is 18.5 Å². The Morgan fingerprint density at radius 2 is 2.20 bits per heavy atom. The van der Waals surface area contributed by atoms with Gasteiger partial charge in [0.25, 0.3) is 0 Å². The fourth-order valence-electron chi connectivity index (χ4n) is 1.10. The molecular weight excluding hydrogens is 128 g/mol. The Morgan fingerprint density at radius 3 is 2.80 bits per heavy atom. The molecule has 0 aromatic heterocycles. The third kappa shape index (κ3) is 1.82. The van der Waals surface area contributed by atoms with Crippen LogP contribution in [0.15, 0.2) is 12.7 Å². The standard InChI is InChI=1S/C8H14O2/c1-3-4-8-7(2)9-5-6-10-8/h3,7-8H,1,4-6H2,2H3. The summed E-state index contributed by atoms with van der Waals surface area (Å²) in [5.41, 5.74) is 0. The SMILES string of the molecule is C=CCC1OCCOC1C. The minimum atomic E-state index is 0.228. The van der Waals surface area contributed by atoms with Crippen LogP contribution in [0.3, 0.4) is 0 Å². The molecule has 0 N–H and O–H groups in total. The van der Waals surface area contributed by atoms with Gasteiger partial charge in [-0.05, 0) is 13.3 Å². The molecule has 0 aliphatic carbocycles. The molecule has 2 nitrogen and oxygen atoms in total. The van der Waals surface area contributed by atoms with Gasteiger partial charge in [0.15, 0.2) is 0 Å². The molecule has 2 unspecified atom stereocenters. The van der Waals surface area contributed by atoms with Crippen molar-refractivity contribution in [3.05, 3.63) is 12.7 Å². The Hall–Kier alpha value is -0.340. The third-order valence-corrected chi connectivity index (χ3v) is 1.72. The quantitative estimate of drug-likeness (QED) is 0.542. The van der Waals surface area contributed by atoms with Crippen LogP contribution in [0.4, 0.5) is 0 Å². The van der Waals surface area contributed by atoms with E-state index in [1.807, 2.05) is 13.0 Å². The minimum Gasteiger partial charge on any atom is -0.373 e. The first-order chi connectivity index (χ1) is 4.84. The highest BCUT2D eigenvalue weighted by Crippen LogP contribution is 2.12. The second-order valence-electron chi connectivity index (χ2n) is 2.51. The van der Waals surface area contributed by atoms with Gasteiger partial charge in [0.1, 0.15) is 0 Å². The monoisotopic (exact) mass is 142 g/mol. The molecule has 0 bridgehead atoms. The number of hydrogen-bond donors (Lipinski definition) is 0. The second kappa shape index (κ2) is 3.74. The molecule has 0 aromatic rings. The molecule has 1 saturated heterocycles. The molecule has 1 heterocycles. The Morgan fingerprint density at radius 1 is 1.50 bits per heavy atom. The summed E-state index contributed by atoms with van der Waals surface area (Å²) in [6.45, 7) is 7.14. The van der Waals surface area contributed by atoms with Crippen LogP contribution in [0.2, 0.25) is 0 Å². The van der Waals surface area contributed by atoms with E-state index in [-0.39, 0.29) is 12.2 Å². The molecule has 58 valence electrons. The number of ether oxygens (including phenoxy) is 2. The van der Waals surface area contributed by atoms with Crippen molar-refractivity contribution in [2.75, 3.05) is 13.2 Å². The Bertz CT molecular complexity index is 112. The lowest BCUT2D eigenvalue weighted by atomic mass is 10.1. The van der Waals surface area contributed by atoms with Crippen molar-refractivity contribution in [2.24, 2.45) is 0 Å². The highest BCUT2D eigenvalue weighted by Gasteiger charge is 2.20. The lowest BCUT2D eigenvalue weighted by molar-refractivity contribution is -0.130. The van der Waals surface area contributed by atoms with Crippen molar-refractivity contribution in [2.45, 2.75) is 25.6 Å². The third-order valence-electron chi connectivity index (χ3n) is 1.72. The molecule has 0 amide bonds. The first kappa shape index (κ1) is 7.76. The van der Waals surface area contributed by atoms with Gasteiger partial charge in [0.2, 0.25) is 0 Å². The average Bonchev–Trinajstić information content (AvgIpc) is 1.94. The van der Waals surface area contributed by atoms with Crippen LogP contribution in [0.25, 0.3) is 0 Å². The maximum atomic E-state index is 5.43. The van der Waals surface area contributed by atoms with Crippen LogP contribution in [-0.2, 0) is 9.47 Å². The summed E-state index contributed by atoms with van der Waals surface area (Å²) in [6.07, 6.45) is 3.22. The van der Waals surface area contributed by atoms with Gasteiger partial charge in [-0.25, -0.2) is 0 Å². The van der Waals surface area contributed by atoms with Crippen LogP contribution in [0.1, 0.15) is 13.3 Å². The average molecular weight is 142 g/mol. The van der Waals surface area contributed by atoms with E-state index in [1.165, 1.54) is 0 Å². The molecule has 0 aromatic carbocycles. The molecule has 2 atom stereocenters. The highest BCUT2D eigenvalue weighted by molar-refractivity contribution is 4.79. The lowest BCUT2D eigenvalue weighted by Crippen LogP contribution is -2.35. The van der Waals surface area contributed by atoms with Crippen molar-refractivity contribution in [1.29, 1.82) is 0 Å². The van der Waals surface area contributed by atoms with Crippen LogP contribution < -0.4 is 0 Å². The summed E-state index contributed by atoms with van der Waals surface area (Å²) < 4.78 is 10.8. The Balaban J connectivity index is 2.32. The van der Waals surface area contributed by atoms with E-state index in [1.54, 1.807) is 0 Å². The van der Waals surface area contributed by atoms with Gasteiger partial charge in [-0.3, -0.25) is 0 Å². The van der Waals surface area contributed by atoms with E-state index in [0.717, 1.165) is 19.6 Å². The first-order valence-electron chi connectivity index (χ1n) is 3.68. The molecule has 0 saturated carbocycles. The van der Waals surface area contributed by atoms with E-state index >= 15 is 0 Å². The van der Waals surface area contributed by atoms with Crippen molar-refractivity contribution in [3.8, 4) is 0 Å². The van der Waals surface area contributed by atoms with Crippen molar-refractivity contribution in [1.82, 2.24) is 0 Å². The summed E-state index contributed by atoms with van der Waals surface area (Å²) in [7, 11) is 0. The van der Waals surface area contributed by atoms with E-state index in [0.29, 0.717) is 0 Å². The van der Waals surface area contributed by atoms with Crippen molar-refractivity contribution in [3.63, 3.8) is 0 Å². The van der Waals surface area contributed by atoms with Crippen LogP contribution in [-0.4, -0.2) is 25.4 Å².